The van der Waals surface area contributed by atoms with Crippen LogP contribution in [0.4, 0.5) is 0 Å². The highest BCUT2D eigenvalue weighted by Crippen LogP contribution is 2.60. The molecule has 1 nitrogen and oxygen atoms in total. The molecule has 4 bridgehead atoms. The summed E-state index contributed by atoms with van der Waals surface area (Å²) in [4.78, 5) is 0. The molecule has 5 fully saturated rings. The molecule has 1 aliphatic heterocycles. The van der Waals surface area contributed by atoms with Gasteiger partial charge in [0.25, 0.3) is 0 Å². The van der Waals surface area contributed by atoms with Gasteiger partial charge in [0.2, 0.25) is 0 Å². The zero-order chi connectivity index (χ0) is 10.8. The molecule has 2 N–H and O–H groups in total. The summed E-state index contributed by atoms with van der Waals surface area (Å²) in [7, 11) is 0. The van der Waals surface area contributed by atoms with Gasteiger partial charge in [-0.05, 0) is 73.9 Å². The van der Waals surface area contributed by atoms with Crippen molar-refractivity contribution in [3.8, 4) is 0 Å². The van der Waals surface area contributed by atoms with E-state index in [-0.39, 0.29) is 5.54 Å². The van der Waals surface area contributed by atoms with Gasteiger partial charge in [0.15, 0.2) is 0 Å². The van der Waals surface area contributed by atoms with Gasteiger partial charge in [0, 0.05) is 11.3 Å². The van der Waals surface area contributed by atoms with Crippen LogP contribution in [0.2, 0.25) is 0 Å². The van der Waals surface area contributed by atoms with Crippen LogP contribution in [0.15, 0.2) is 0 Å². The summed E-state index contributed by atoms with van der Waals surface area (Å²) < 4.78 is 0. The van der Waals surface area contributed by atoms with E-state index in [1.165, 1.54) is 43.6 Å². The highest BCUT2D eigenvalue weighted by molar-refractivity contribution is 7.99. The molecular formula is C14H23NS. The van der Waals surface area contributed by atoms with Gasteiger partial charge in [-0.1, -0.05) is 0 Å². The van der Waals surface area contributed by atoms with Crippen molar-refractivity contribution in [2.24, 2.45) is 35.3 Å². The number of nitrogens with two attached hydrogens (primary N) is 1. The number of hydrogen-bond donors (Lipinski definition) is 1. The third-order valence-electron chi connectivity index (χ3n) is 5.97. The fourth-order valence-corrected chi connectivity index (χ4v) is 7.11. The van der Waals surface area contributed by atoms with Crippen LogP contribution in [0, 0.1) is 29.6 Å². The quantitative estimate of drug-likeness (QED) is 0.759. The summed E-state index contributed by atoms with van der Waals surface area (Å²) in [6, 6.07) is 0. The van der Waals surface area contributed by atoms with Crippen molar-refractivity contribution in [3.63, 3.8) is 0 Å². The average molecular weight is 237 g/mol. The first kappa shape index (κ1) is 10.3. The van der Waals surface area contributed by atoms with Crippen LogP contribution in [0.3, 0.4) is 0 Å². The van der Waals surface area contributed by atoms with Gasteiger partial charge in [0.05, 0.1) is 0 Å². The van der Waals surface area contributed by atoms with Crippen LogP contribution < -0.4 is 5.73 Å². The highest BCUT2D eigenvalue weighted by Gasteiger charge is 2.54. The average Bonchev–Trinajstić information content (AvgIpc) is 2.64. The summed E-state index contributed by atoms with van der Waals surface area (Å²) in [5.74, 6) is 7.68. The van der Waals surface area contributed by atoms with Crippen molar-refractivity contribution >= 4 is 11.8 Å². The summed E-state index contributed by atoms with van der Waals surface area (Å²) in [5, 5.41) is 0. The molecule has 16 heavy (non-hydrogen) atoms. The van der Waals surface area contributed by atoms with Gasteiger partial charge in [-0.2, -0.15) is 11.8 Å². The van der Waals surface area contributed by atoms with E-state index in [0.717, 1.165) is 29.6 Å². The Balaban J connectivity index is 1.64. The summed E-state index contributed by atoms with van der Waals surface area (Å²) in [6.07, 6.45) is 8.97. The fourth-order valence-electron chi connectivity index (χ4n) is 5.72. The number of thioether (sulfide) groups is 1. The standard InChI is InChI=1S/C14H23NS/c15-14(1-2-16-8-14)13-11-4-9-3-10(6-11)7-12(13)5-9/h9-13H,1-8,15H2. The van der Waals surface area contributed by atoms with Gasteiger partial charge in [-0.25, -0.2) is 0 Å². The first-order valence-corrected chi connectivity index (χ1v) is 8.27. The highest BCUT2D eigenvalue weighted by atomic mass is 32.2. The first-order chi connectivity index (χ1) is 7.74. The molecule has 90 valence electrons. The predicted octanol–water partition coefficient (Wildman–Crippen LogP) is 2.89. The molecule has 1 heterocycles. The maximum Gasteiger partial charge on any atom is 0.0287 e. The van der Waals surface area contributed by atoms with E-state index in [2.05, 4.69) is 11.8 Å². The van der Waals surface area contributed by atoms with Crippen LogP contribution in [0.5, 0.6) is 0 Å². The lowest BCUT2D eigenvalue weighted by molar-refractivity contribution is -0.0644. The second kappa shape index (κ2) is 3.41. The normalized spacial score (nSPS) is 59.4. The van der Waals surface area contributed by atoms with Crippen molar-refractivity contribution in [3.05, 3.63) is 0 Å². The van der Waals surface area contributed by atoms with Crippen LogP contribution in [-0.2, 0) is 0 Å². The van der Waals surface area contributed by atoms with E-state index < -0.39 is 0 Å². The molecule has 4 aliphatic carbocycles. The van der Waals surface area contributed by atoms with Crippen molar-refractivity contribution < 1.29 is 0 Å². The number of hydrogen-bond acceptors (Lipinski definition) is 2. The first-order valence-electron chi connectivity index (χ1n) is 7.11. The fraction of sp³-hybridized carbons (Fsp3) is 1.00. The van der Waals surface area contributed by atoms with E-state index in [1.807, 2.05) is 0 Å². The van der Waals surface area contributed by atoms with E-state index in [1.54, 1.807) is 6.42 Å². The lowest BCUT2D eigenvalue weighted by Crippen LogP contribution is -2.59. The summed E-state index contributed by atoms with van der Waals surface area (Å²) in [6.45, 7) is 0. The Bertz CT molecular complexity index is 267. The zero-order valence-corrected chi connectivity index (χ0v) is 10.8. The third kappa shape index (κ3) is 1.35. The minimum Gasteiger partial charge on any atom is -0.324 e. The third-order valence-corrected chi connectivity index (χ3v) is 7.21. The Hall–Kier alpha value is 0.310. The van der Waals surface area contributed by atoms with Gasteiger partial charge >= 0.3 is 0 Å². The van der Waals surface area contributed by atoms with Crippen molar-refractivity contribution in [1.82, 2.24) is 0 Å². The zero-order valence-electron chi connectivity index (χ0n) is 10.0. The molecular weight excluding hydrogens is 214 g/mol. The van der Waals surface area contributed by atoms with Gasteiger partial charge in [-0.15, -0.1) is 0 Å². The lowest BCUT2D eigenvalue weighted by atomic mass is 9.48. The molecule has 2 heteroatoms. The Kier molecular flexibility index (Phi) is 2.19. The second-order valence-corrected chi connectivity index (χ2v) is 8.10. The smallest absolute Gasteiger partial charge is 0.0287 e. The van der Waals surface area contributed by atoms with Crippen LogP contribution in [0.1, 0.15) is 38.5 Å². The van der Waals surface area contributed by atoms with Gasteiger partial charge in [-0.3, -0.25) is 0 Å². The molecule has 0 aromatic carbocycles. The number of rotatable bonds is 1. The van der Waals surface area contributed by atoms with E-state index in [0.29, 0.717) is 0 Å². The molecule has 4 saturated carbocycles. The monoisotopic (exact) mass is 237 g/mol. The van der Waals surface area contributed by atoms with Crippen LogP contribution >= 0.6 is 11.8 Å². The summed E-state index contributed by atoms with van der Waals surface area (Å²) in [5.41, 5.74) is 6.99. The SMILES string of the molecule is NC1(C2C3CC4CC(C3)CC2C4)CCSC1. The Morgan fingerprint density at radius 3 is 2.06 bits per heavy atom. The molecule has 1 atom stereocenters. The molecule has 5 rings (SSSR count). The van der Waals surface area contributed by atoms with Crippen molar-refractivity contribution in [1.29, 1.82) is 0 Å². The van der Waals surface area contributed by atoms with Gasteiger partial charge in [0.1, 0.15) is 0 Å². The van der Waals surface area contributed by atoms with E-state index in [9.17, 15) is 0 Å². The lowest BCUT2D eigenvalue weighted by Gasteiger charge is -2.58. The Labute approximate surface area is 103 Å². The molecule has 0 spiro atoms. The maximum absolute atomic E-state index is 6.76. The molecule has 0 aromatic heterocycles. The predicted molar refractivity (Wildman–Crippen MR) is 69.4 cm³/mol. The largest absolute Gasteiger partial charge is 0.324 e. The Morgan fingerprint density at radius 2 is 1.56 bits per heavy atom. The molecule has 5 aliphatic rings. The molecule has 0 amide bonds. The topological polar surface area (TPSA) is 26.0 Å². The molecule has 1 unspecified atom stereocenters. The molecule has 0 radical (unpaired) electrons. The van der Waals surface area contributed by atoms with Gasteiger partial charge < -0.3 is 5.73 Å². The van der Waals surface area contributed by atoms with E-state index in [4.69, 9.17) is 5.73 Å². The second-order valence-electron chi connectivity index (χ2n) is 6.99. The van der Waals surface area contributed by atoms with Crippen LogP contribution in [-0.4, -0.2) is 17.0 Å². The minimum absolute atomic E-state index is 0.229. The van der Waals surface area contributed by atoms with Crippen LogP contribution in [0.25, 0.3) is 0 Å². The van der Waals surface area contributed by atoms with Crippen molar-refractivity contribution in [2.75, 3.05) is 11.5 Å². The maximum atomic E-state index is 6.76. The van der Waals surface area contributed by atoms with E-state index >= 15 is 0 Å². The van der Waals surface area contributed by atoms with Crippen molar-refractivity contribution in [2.45, 2.75) is 44.1 Å². The Morgan fingerprint density at radius 1 is 0.938 bits per heavy atom. The summed E-state index contributed by atoms with van der Waals surface area (Å²) >= 11 is 2.10. The molecule has 0 aromatic rings. The molecule has 1 saturated heterocycles. The minimum atomic E-state index is 0.229.